The minimum atomic E-state index is -0.543. The van der Waals surface area contributed by atoms with Gasteiger partial charge in [-0.1, -0.05) is 17.7 Å². The lowest BCUT2D eigenvalue weighted by Gasteiger charge is -2.13. The molecule has 1 aliphatic rings. The zero-order valence-electron chi connectivity index (χ0n) is 24.3. The van der Waals surface area contributed by atoms with Crippen LogP contribution in [0.15, 0.2) is 84.0 Å². The molecule has 0 aliphatic carbocycles. The molecule has 0 fully saturated rings. The molecule has 1 amide bonds. The van der Waals surface area contributed by atoms with E-state index in [1.54, 1.807) is 59.6 Å². The number of benzene rings is 3. The molecule has 3 aromatic carbocycles. The largest absolute Gasteiger partial charge is 0.322 e. The number of hydrogen-bond acceptors (Lipinski definition) is 6. The van der Waals surface area contributed by atoms with Gasteiger partial charge in [-0.05, 0) is 79.9 Å². The highest BCUT2D eigenvalue weighted by Crippen LogP contribution is 2.28. The third-order valence-corrected chi connectivity index (χ3v) is 8.19. The van der Waals surface area contributed by atoms with Crippen molar-refractivity contribution in [2.75, 3.05) is 5.32 Å². The van der Waals surface area contributed by atoms with Crippen LogP contribution in [0.4, 0.5) is 14.5 Å². The van der Waals surface area contributed by atoms with Crippen molar-refractivity contribution in [1.29, 1.82) is 0 Å². The summed E-state index contributed by atoms with van der Waals surface area (Å²) in [5.41, 5.74) is 2.41. The fourth-order valence-electron chi connectivity index (χ4n) is 5.68. The van der Waals surface area contributed by atoms with Crippen LogP contribution in [0.5, 0.6) is 0 Å². The Bertz CT molecular complexity index is 2120. The van der Waals surface area contributed by atoms with E-state index >= 15 is 0 Å². The van der Waals surface area contributed by atoms with Crippen LogP contribution in [0.1, 0.15) is 54.0 Å². The first-order valence-electron chi connectivity index (χ1n) is 14.7. The summed E-state index contributed by atoms with van der Waals surface area (Å²) in [6, 6.07) is 15.1. The summed E-state index contributed by atoms with van der Waals surface area (Å²) < 4.78 is 34.5. The van der Waals surface area contributed by atoms with E-state index in [0.29, 0.717) is 39.9 Å². The zero-order chi connectivity index (χ0) is 31.1. The fraction of sp³-hybridized carbons (Fsp3) is 0.212. The second kappa shape index (κ2) is 11.5. The Morgan fingerprint density at radius 1 is 1.00 bits per heavy atom. The second-order valence-corrected chi connectivity index (χ2v) is 11.1. The number of carbonyl (C=O) groups is 1. The SMILES string of the molecule is C[C@H](c1ccc(-n2cccn2)c(F)c1)n1cc(-c2cc(NC(=O)c3ccc4c(=O)n5c(nc4c3)CCCCC5)ccc2F)nn1. The molecule has 0 saturated heterocycles. The third-order valence-electron chi connectivity index (χ3n) is 8.19. The molecule has 1 N–H and O–H groups in total. The van der Waals surface area contributed by atoms with Gasteiger partial charge in [0.25, 0.3) is 11.5 Å². The van der Waals surface area contributed by atoms with Crippen molar-refractivity contribution in [2.24, 2.45) is 0 Å². The van der Waals surface area contributed by atoms with Crippen molar-refractivity contribution in [2.45, 2.75) is 45.2 Å². The van der Waals surface area contributed by atoms with Crippen LogP contribution in [0, 0.1) is 11.6 Å². The molecular formula is C33H28F2N8O2. The molecule has 1 atom stereocenters. The number of carbonyl (C=O) groups excluding carboxylic acids is 1. The van der Waals surface area contributed by atoms with Gasteiger partial charge in [-0.3, -0.25) is 14.2 Å². The molecule has 10 nitrogen and oxygen atoms in total. The van der Waals surface area contributed by atoms with Crippen molar-refractivity contribution < 1.29 is 13.6 Å². The first-order chi connectivity index (χ1) is 21.9. The molecule has 6 aromatic rings. The van der Waals surface area contributed by atoms with Gasteiger partial charge >= 0.3 is 0 Å². The number of hydrogen-bond donors (Lipinski definition) is 1. The predicted octanol–water partition coefficient (Wildman–Crippen LogP) is 5.71. The summed E-state index contributed by atoms with van der Waals surface area (Å²) in [5.74, 6) is -0.672. The summed E-state index contributed by atoms with van der Waals surface area (Å²) >= 11 is 0. The van der Waals surface area contributed by atoms with Crippen LogP contribution >= 0.6 is 0 Å². The zero-order valence-corrected chi connectivity index (χ0v) is 24.3. The fourth-order valence-corrected chi connectivity index (χ4v) is 5.68. The van der Waals surface area contributed by atoms with Crippen molar-refractivity contribution in [3.63, 3.8) is 0 Å². The number of halogens is 2. The van der Waals surface area contributed by atoms with Crippen molar-refractivity contribution in [3.05, 3.63) is 118 Å². The van der Waals surface area contributed by atoms with Crippen LogP contribution in [0.2, 0.25) is 0 Å². The van der Waals surface area contributed by atoms with E-state index in [0.717, 1.165) is 31.5 Å². The minimum absolute atomic E-state index is 0.0919. The summed E-state index contributed by atoms with van der Waals surface area (Å²) in [7, 11) is 0. The number of aromatic nitrogens is 7. The first-order valence-corrected chi connectivity index (χ1v) is 14.7. The van der Waals surface area contributed by atoms with Crippen LogP contribution in [-0.2, 0) is 13.0 Å². The van der Waals surface area contributed by atoms with Gasteiger partial charge in [0.05, 0.1) is 23.1 Å². The Labute approximate surface area is 256 Å². The van der Waals surface area contributed by atoms with Crippen molar-refractivity contribution >= 4 is 22.5 Å². The van der Waals surface area contributed by atoms with Gasteiger partial charge < -0.3 is 5.32 Å². The minimum Gasteiger partial charge on any atom is -0.322 e. The van der Waals surface area contributed by atoms with Crippen LogP contribution < -0.4 is 10.9 Å². The Hall–Kier alpha value is -5.52. The molecule has 12 heteroatoms. The highest BCUT2D eigenvalue weighted by molar-refractivity contribution is 6.06. The molecule has 3 aromatic heterocycles. The highest BCUT2D eigenvalue weighted by Gasteiger charge is 2.19. The molecule has 0 saturated carbocycles. The van der Waals surface area contributed by atoms with Gasteiger partial charge in [0.15, 0.2) is 0 Å². The Kier molecular flexibility index (Phi) is 7.24. The van der Waals surface area contributed by atoms with Crippen LogP contribution in [-0.4, -0.2) is 40.2 Å². The number of nitrogens with zero attached hydrogens (tertiary/aromatic N) is 7. The maximum atomic E-state index is 15.0. The summed E-state index contributed by atoms with van der Waals surface area (Å²) in [6.45, 7) is 2.48. The monoisotopic (exact) mass is 606 g/mol. The summed E-state index contributed by atoms with van der Waals surface area (Å²) in [6.07, 6.45) is 8.48. The first kappa shape index (κ1) is 28.3. The lowest BCUT2D eigenvalue weighted by Crippen LogP contribution is -2.24. The number of amides is 1. The van der Waals surface area contributed by atoms with E-state index in [4.69, 9.17) is 4.98 Å². The van der Waals surface area contributed by atoms with E-state index in [1.807, 2.05) is 6.92 Å². The van der Waals surface area contributed by atoms with Gasteiger partial charge in [-0.15, -0.1) is 5.10 Å². The second-order valence-electron chi connectivity index (χ2n) is 11.1. The average molecular weight is 607 g/mol. The van der Waals surface area contributed by atoms with Crippen molar-refractivity contribution in [3.8, 4) is 16.9 Å². The Morgan fingerprint density at radius 3 is 2.71 bits per heavy atom. The van der Waals surface area contributed by atoms with Crippen molar-refractivity contribution in [1.82, 2.24) is 34.3 Å². The molecule has 45 heavy (non-hydrogen) atoms. The third kappa shape index (κ3) is 5.39. The normalized spacial score (nSPS) is 13.8. The molecule has 7 rings (SSSR count). The van der Waals surface area contributed by atoms with E-state index < -0.39 is 23.6 Å². The quantitative estimate of drug-likeness (QED) is 0.260. The van der Waals surface area contributed by atoms with E-state index in [2.05, 4.69) is 20.7 Å². The van der Waals surface area contributed by atoms with E-state index in [-0.39, 0.29) is 16.8 Å². The number of fused-ring (bicyclic) bond motifs is 2. The highest BCUT2D eigenvalue weighted by atomic mass is 19.1. The number of nitrogens with one attached hydrogen (secondary N) is 1. The number of rotatable bonds is 6. The molecular weight excluding hydrogens is 578 g/mol. The summed E-state index contributed by atoms with van der Waals surface area (Å²) in [5, 5.41) is 15.7. The lowest BCUT2D eigenvalue weighted by molar-refractivity contribution is 0.102. The molecule has 0 bridgehead atoms. The molecule has 226 valence electrons. The Balaban J connectivity index is 1.11. The topological polar surface area (TPSA) is 113 Å². The van der Waals surface area contributed by atoms with E-state index in [1.165, 1.54) is 33.6 Å². The molecule has 0 unspecified atom stereocenters. The van der Waals surface area contributed by atoms with Gasteiger partial charge in [0.1, 0.15) is 28.8 Å². The predicted molar refractivity (Wildman–Crippen MR) is 164 cm³/mol. The maximum Gasteiger partial charge on any atom is 0.261 e. The summed E-state index contributed by atoms with van der Waals surface area (Å²) in [4.78, 5) is 31.0. The lowest BCUT2D eigenvalue weighted by atomic mass is 10.1. The molecule has 4 heterocycles. The average Bonchev–Trinajstić information content (AvgIpc) is 3.71. The Morgan fingerprint density at radius 2 is 1.89 bits per heavy atom. The molecule has 1 aliphatic heterocycles. The van der Waals surface area contributed by atoms with Gasteiger partial charge in [-0.2, -0.15) is 5.10 Å². The van der Waals surface area contributed by atoms with Crippen LogP contribution in [0.3, 0.4) is 0 Å². The van der Waals surface area contributed by atoms with Gasteiger partial charge in [-0.25, -0.2) is 23.1 Å². The van der Waals surface area contributed by atoms with E-state index in [9.17, 15) is 18.4 Å². The van der Waals surface area contributed by atoms with Gasteiger partial charge in [0, 0.05) is 42.2 Å². The standard InChI is InChI=1S/C33H28F2N8O2/c1-20(21-8-12-30(27(35)16-21)42-15-5-13-36-42)43-19-29(39-40-43)25-18-23(9-11-26(25)34)37-32(44)22-7-10-24-28(17-22)38-31-6-3-2-4-14-41(31)33(24)45/h5,7-13,15-20H,2-4,6,14H2,1H3,(H,37,44)/t20-/m1/s1. The number of anilines is 1. The maximum absolute atomic E-state index is 15.0. The molecule has 0 radical (unpaired) electrons. The van der Waals surface area contributed by atoms with Gasteiger partial charge in [0.2, 0.25) is 0 Å². The molecule has 0 spiro atoms. The van der Waals surface area contributed by atoms with Crippen LogP contribution in [0.25, 0.3) is 27.8 Å². The smallest absolute Gasteiger partial charge is 0.261 e. The number of aryl methyl sites for hydroxylation is 1.